The largest absolute Gasteiger partial charge is 0.487 e. The first-order chi connectivity index (χ1) is 18.1. The molecular formula is C33H50O5. The first-order valence-electron chi connectivity index (χ1n) is 14.5. The molecule has 212 valence electrons. The zero-order valence-electron chi connectivity index (χ0n) is 24.9. The fourth-order valence-electron chi connectivity index (χ4n) is 4.22. The van der Waals surface area contributed by atoms with Crippen LogP contribution in [-0.4, -0.2) is 18.8 Å². The Kier molecular flexibility index (Phi) is 13.5. The van der Waals surface area contributed by atoms with E-state index in [1.165, 1.54) is 49.7 Å². The Morgan fingerprint density at radius 3 is 2.24 bits per heavy atom. The lowest BCUT2D eigenvalue weighted by atomic mass is 10.1. The summed E-state index contributed by atoms with van der Waals surface area (Å²) in [4.78, 5) is 13.0. The van der Waals surface area contributed by atoms with Crippen LogP contribution in [0, 0.1) is 0 Å². The SMILES string of the molecule is CCCCCCCCCCOc1c(OCC=C(C)CCC=C(C)C)c2c(OC(C)(C)C)cccc2oc1=O. The van der Waals surface area contributed by atoms with Crippen LogP contribution >= 0.6 is 0 Å². The molecule has 1 aromatic carbocycles. The van der Waals surface area contributed by atoms with Crippen LogP contribution in [0.4, 0.5) is 0 Å². The van der Waals surface area contributed by atoms with Gasteiger partial charge in [-0.2, -0.15) is 0 Å². The normalized spacial score (nSPS) is 12.0. The van der Waals surface area contributed by atoms with Crippen molar-refractivity contribution in [1.29, 1.82) is 0 Å². The van der Waals surface area contributed by atoms with Crippen molar-refractivity contribution >= 4 is 11.0 Å². The minimum absolute atomic E-state index is 0.126. The van der Waals surface area contributed by atoms with E-state index in [4.69, 9.17) is 18.6 Å². The highest BCUT2D eigenvalue weighted by molar-refractivity contribution is 5.91. The van der Waals surface area contributed by atoms with E-state index in [1.807, 2.05) is 32.9 Å². The van der Waals surface area contributed by atoms with E-state index >= 15 is 0 Å². The van der Waals surface area contributed by atoms with Gasteiger partial charge in [0.15, 0.2) is 5.75 Å². The van der Waals surface area contributed by atoms with Gasteiger partial charge in [-0.05, 0) is 79.0 Å². The number of fused-ring (bicyclic) bond motifs is 1. The second-order valence-electron chi connectivity index (χ2n) is 11.4. The Labute approximate surface area is 230 Å². The monoisotopic (exact) mass is 526 g/mol. The fraction of sp³-hybridized carbons (Fsp3) is 0.606. The van der Waals surface area contributed by atoms with Crippen molar-refractivity contribution in [2.45, 2.75) is 118 Å². The summed E-state index contributed by atoms with van der Waals surface area (Å²) < 4.78 is 24.2. The second-order valence-corrected chi connectivity index (χ2v) is 11.4. The molecule has 0 N–H and O–H groups in total. The third-order valence-electron chi connectivity index (χ3n) is 6.22. The van der Waals surface area contributed by atoms with Crippen molar-refractivity contribution in [2.75, 3.05) is 13.2 Å². The van der Waals surface area contributed by atoms with Gasteiger partial charge in [-0.25, -0.2) is 4.79 Å². The molecule has 5 heteroatoms. The molecule has 0 aliphatic heterocycles. The highest BCUT2D eigenvalue weighted by Crippen LogP contribution is 2.40. The number of hydrogen-bond acceptors (Lipinski definition) is 5. The summed E-state index contributed by atoms with van der Waals surface area (Å²) in [5.74, 6) is 1.12. The molecule has 0 amide bonds. The van der Waals surface area contributed by atoms with E-state index in [0.717, 1.165) is 25.7 Å². The van der Waals surface area contributed by atoms with Crippen molar-refractivity contribution < 1.29 is 18.6 Å². The molecule has 0 spiro atoms. The Bertz CT molecular complexity index is 1100. The van der Waals surface area contributed by atoms with Crippen LogP contribution in [0.5, 0.6) is 17.2 Å². The Balaban J connectivity index is 2.23. The predicted molar refractivity (Wildman–Crippen MR) is 159 cm³/mol. The molecule has 0 atom stereocenters. The molecule has 1 aromatic heterocycles. The summed E-state index contributed by atoms with van der Waals surface area (Å²) in [5.41, 5.74) is 2.03. The van der Waals surface area contributed by atoms with E-state index in [-0.39, 0.29) is 5.75 Å². The summed E-state index contributed by atoms with van der Waals surface area (Å²) in [5, 5.41) is 0.628. The molecule has 5 nitrogen and oxygen atoms in total. The molecule has 0 saturated heterocycles. The molecule has 0 fully saturated rings. The average Bonchev–Trinajstić information content (AvgIpc) is 2.83. The summed E-state index contributed by atoms with van der Waals surface area (Å²) in [6, 6.07) is 5.47. The van der Waals surface area contributed by atoms with E-state index in [2.05, 4.69) is 39.8 Å². The second kappa shape index (κ2) is 16.3. The number of unbranched alkanes of at least 4 members (excludes halogenated alkanes) is 7. The van der Waals surface area contributed by atoms with Crippen LogP contribution in [0.15, 0.2) is 50.7 Å². The molecule has 0 saturated carbocycles. The fourth-order valence-corrected chi connectivity index (χ4v) is 4.22. The highest BCUT2D eigenvalue weighted by Gasteiger charge is 2.23. The molecule has 1 heterocycles. The maximum absolute atomic E-state index is 13.0. The van der Waals surface area contributed by atoms with Crippen molar-refractivity contribution in [3.05, 3.63) is 51.9 Å². The average molecular weight is 527 g/mol. The minimum Gasteiger partial charge on any atom is -0.487 e. The van der Waals surface area contributed by atoms with Gasteiger partial charge >= 0.3 is 5.63 Å². The van der Waals surface area contributed by atoms with Gasteiger partial charge in [-0.1, -0.05) is 75.2 Å². The third-order valence-corrected chi connectivity index (χ3v) is 6.22. The zero-order chi connectivity index (χ0) is 28.0. The smallest absolute Gasteiger partial charge is 0.383 e. The lowest BCUT2D eigenvalue weighted by Gasteiger charge is -2.23. The Morgan fingerprint density at radius 1 is 0.895 bits per heavy atom. The summed E-state index contributed by atoms with van der Waals surface area (Å²) >= 11 is 0. The van der Waals surface area contributed by atoms with Crippen molar-refractivity contribution in [3.8, 4) is 17.2 Å². The molecular weight excluding hydrogens is 476 g/mol. The van der Waals surface area contributed by atoms with Crippen molar-refractivity contribution in [3.63, 3.8) is 0 Å². The maximum Gasteiger partial charge on any atom is 0.383 e. The maximum atomic E-state index is 13.0. The Morgan fingerprint density at radius 2 is 1.58 bits per heavy atom. The van der Waals surface area contributed by atoms with E-state index < -0.39 is 11.2 Å². The first-order valence-corrected chi connectivity index (χ1v) is 14.5. The summed E-state index contributed by atoms with van der Waals surface area (Å²) in [6.45, 7) is 15.3. The van der Waals surface area contributed by atoms with E-state index in [9.17, 15) is 4.79 Å². The zero-order valence-corrected chi connectivity index (χ0v) is 24.9. The van der Waals surface area contributed by atoms with Crippen LogP contribution in [0.1, 0.15) is 113 Å². The van der Waals surface area contributed by atoms with Crippen LogP contribution < -0.4 is 19.8 Å². The van der Waals surface area contributed by atoms with Gasteiger partial charge in [0.25, 0.3) is 0 Å². The summed E-state index contributed by atoms with van der Waals surface area (Å²) in [6.07, 6.45) is 15.8. The molecule has 0 aliphatic rings. The number of hydrogen-bond donors (Lipinski definition) is 0. The van der Waals surface area contributed by atoms with Gasteiger partial charge in [0.1, 0.15) is 28.9 Å². The number of allylic oxidation sites excluding steroid dienone is 3. The summed E-state index contributed by atoms with van der Waals surface area (Å²) in [7, 11) is 0. The van der Waals surface area contributed by atoms with Crippen LogP contribution in [0.25, 0.3) is 11.0 Å². The lowest BCUT2D eigenvalue weighted by molar-refractivity contribution is 0.132. The van der Waals surface area contributed by atoms with Gasteiger partial charge in [-0.3, -0.25) is 0 Å². The van der Waals surface area contributed by atoms with E-state index in [1.54, 1.807) is 6.07 Å². The molecule has 0 radical (unpaired) electrons. The van der Waals surface area contributed by atoms with Crippen LogP contribution in [0.3, 0.4) is 0 Å². The van der Waals surface area contributed by atoms with Crippen molar-refractivity contribution in [1.82, 2.24) is 0 Å². The van der Waals surface area contributed by atoms with Gasteiger partial charge in [0.05, 0.1) is 6.61 Å². The first kappa shape index (κ1) is 31.5. The van der Waals surface area contributed by atoms with Crippen LogP contribution in [-0.2, 0) is 0 Å². The van der Waals surface area contributed by atoms with Gasteiger partial charge in [0.2, 0.25) is 5.75 Å². The Hall–Kier alpha value is -2.69. The number of rotatable bonds is 17. The number of ether oxygens (including phenoxy) is 3. The molecule has 0 aliphatic carbocycles. The third kappa shape index (κ3) is 11.4. The van der Waals surface area contributed by atoms with Gasteiger partial charge in [-0.15, -0.1) is 0 Å². The highest BCUT2D eigenvalue weighted by atomic mass is 16.5. The molecule has 0 unspecified atom stereocenters. The number of benzene rings is 1. The standard InChI is InChI=1S/C33H50O5/c1-8-9-10-11-12-13-14-15-23-35-31-30(36-24-22-26(4)19-16-18-25(2)3)29-27(37-32(31)34)20-17-21-28(29)38-33(5,6)7/h17-18,20-22H,8-16,19,23-24H2,1-7H3. The lowest BCUT2D eigenvalue weighted by Crippen LogP contribution is -2.23. The van der Waals surface area contributed by atoms with Crippen molar-refractivity contribution in [2.24, 2.45) is 0 Å². The predicted octanol–water partition coefficient (Wildman–Crippen LogP) is 9.56. The van der Waals surface area contributed by atoms with Gasteiger partial charge in [0, 0.05) is 0 Å². The molecule has 0 bridgehead atoms. The molecule has 38 heavy (non-hydrogen) atoms. The minimum atomic E-state index is -0.524. The quantitative estimate of drug-likeness (QED) is 0.117. The molecule has 2 rings (SSSR count). The van der Waals surface area contributed by atoms with E-state index in [0.29, 0.717) is 35.7 Å². The topological polar surface area (TPSA) is 57.9 Å². The van der Waals surface area contributed by atoms with Crippen LogP contribution in [0.2, 0.25) is 0 Å². The van der Waals surface area contributed by atoms with Gasteiger partial charge < -0.3 is 18.6 Å². The molecule has 2 aromatic rings.